The zero-order chi connectivity index (χ0) is 20.0. The predicted octanol–water partition coefficient (Wildman–Crippen LogP) is 2.72. The van der Waals surface area contributed by atoms with Crippen LogP contribution in [-0.2, 0) is 20.0 Å². The second-order valence-corrected chi connectivity index (χ2v) is 7.22. The summed E-state index contributed by atoms with van der Waals surface area (Å²) in [7, 11) is 1.83. The molecule has 7 nitrogen and oxygen atoms in total. The smallest absolute Gasteiger partial charge is 0.335 e. The molecule has 0 saturated heterocycles. The number of carboxylic acid groups (broad SMARTS) is 1. The normalized spacial score (nSPS) is 13.5. The van der Waals surface area contributed by atoms with Crippen molar-refractivity contribution < 1.29 is 14.7 Å². The number of aromatic carboxylic acids is 1. The van der Waals surface area contributed by atoms with Gasteiger partial charge in [0.05, 0.1) is 11.8 Å². The Bertz CT molecular complexity index is 1070. The minimum Gasteiger partial charge on any atom is -0.478 e. The quantitative estimate of drug-likeness (QED) is 0.760. The molecule has 4 rings (SSSR count). The molecule has 2 aromatic heterocycles. The lowest BCUT2D eigenvalue weighted by Crippen LogP contribution is -2.36. The van der Waals surface area contributed by atoms with Gasteiger partial charge in [-0.3, -0.25) is 9.48 Å². The Morgan fingerprint density at radius 1 is 1.07 bits per heavy atom. The van der Waals surface area contributed by atoms with Crippen molar-refractivity contribution in [3.05, 3.63) is 70.2 Å². The Balaban J connectivity index is 1.69. The Labute approximate surface area is 162 Å². The van der Waals surface area contributed by atoms with Gasteiger partial charge in [-0.2, -0.15) is 5.10 Å². The van der Waals surface area contributed by atoms with Gasteiger partial charge in [0.25, 0.3) is 5.91 Å². The molecule has 0 saturated carbocycles. The Morgan fingerprint density at radius 3 is 2.46 bits per heavy atom. The van der Waals surface area contributed by atoms with Gasteiger partial charge >= 0.3 is 5.97 Å². The van der Waals surface area contributed by atoms with Crippen LogP contribution in [0.25, 0.3) is 5.82 Å². The van der Waals surface area contributed by atoms with Crippen LogP contribution in [0.1, 0.15) is 43.2 Å². The van der Waals surface area contributed by atoms with E-state index in [0.717, 1.165) is 28.3 Å². The van der Waals surface area contributed by atoms with E-state index in [2.05, 4.69) is 5.10 Å². The molecule has 1 aromatic carbocycles. The van der Waals surface area contributed by atoms with E-state index >= 15 is 0 Å². The average molecular weight is 378 g/mol. The zero-order valence-electron chi connectivity index (χ0n) is 16.1. The zero-order valence-corrected chi connectivity index (χ0v) is 16.1. The topological polar surface area (TPSA) is 80.4 Å². The molecule has 0 atom stereocenters. The van der Waals surface area contributed by atoms with E-state index in [0.29, 0.717) is 25.1 Å². The van der Waals surface area contributed by atoms with Crippen molar-refractivity contribution >= 4 is 11.9 Å². The SMILES string of the molecule is Cc1ccc(C)n1-c1c(C(=O)N2CCc3ccc(C(=O)O)cc3C2)cnn1C. The van der Waals surface area contributed by atoms with E-state index in [9.17, 15) is 14.7 Å². The number of amides is 1. The molecule has 7 heteroatoms. The van der Waals surface area contributed by atoms with E-state index in [1.165, 1.54) is 0 Å². The van der Waals surface area contributed by atoms with Gasteiger partial charge in [-0.1, -0.05) is 6.07 Å². The first-order valence-electron chi connectivity index (χ1n) is 9.18. The monoisotopic (exact) mass is 378 g/mol. The highest BCUT2D eigenvalue weighted by Gasteiger charge is 2.27. The fourth-order valence-corrected chi connectivity index (χ4v) is 3.88. The van der Waals surface area contributed by atoms with E-state index < -0.39 is 5.97 Å². The van der Waals surface area contributed by atoms with Crippen LogP contribution in [-0.4, -0.2) is 42.8 Å². The minimum absolute atomic E-state index is 0.0954. The third-order valence-electron chi connectivity index (χ3n) is 5.37. The van der Waals surface area contributed by atoms with E-state index in [4.69, 9.17) is 0 Å². The summed E-state index contributed by atoms with van der Waals surface area (Å²) in [6.45, 7) is 4.99. The number of benzene rings is 1. The lowest BCUT2D eigenvalue weighted by atomic mass is 9.97. The Kier molecular flexibility index (Phi) is 4.30. The summed E-state index contributed by atoms with van der Waals surface area (Å²) in [4.78, 5) is 26.4. The third kappa shape index (κ3) is 2.89. The summed E-state index contributed by atoms with van der Waals surface area (Å²) < 4.78 is 3.74. The summed E-state index contributed by atoms with van der Waals surface area (Å²) in [5, 5.41) is 13.6. The molecule has 1 aliphatic rings. The first-order valence-corrected chi connectivity index (χ1v) is 9.18. The number of hydrogen-bond donors (Lipinski definition) is 1. The average Bonchev–Trinajstić information content (AvgIpc) is 3.21. The van der Waals surface area contributed by atoms with Crippen LogP contribution in [0.5, 0.6) is 0 Å². The summed E-state index contributed by atoms with van der Waals surface area (Å²) in [5.41, 5.74) is 4.84. The van der Waals surface area contributed by atoms with Crippen molar-refractivity contribution in [2.45, 2.75) is 26.8 Å². The van der Waals surface area contributed by atoms with Crippen LogP contribution in [0.2, 0.25) is 0 Å². The summed E-state index contributed by atoms with van der Waals surface area (Å²) in [5.74, 6) is -0.309. The fourth-order valence-electron chi connectivity index (χ4n) is 3.88. The first kappa shape index (κ1) is 18.0. The van der Waals surface area contributed by atoms with E-state index in [1.54, 1.807) is 27.9 Å². The number of rotatable bonds is 3. The number of aryl methyl sites for hydroxylation is 3. The molecule has 1 amide bonds. The van der Waals surface area contributed by atoms with Gasteiger partial charge in [-0.15, -0.1) is 0 Å². The number of hydrogen-bond acceptors (Lipinski definition) is 3. The molecular formula is C21H22N4O3. The first-order chi connectivity index (χ1) is 13.4. The van der Waals surface area contributed by atoms with Gasteiger partial charge in [0.15, 0.2) is 0 Å². The third-order valence-corrected chi connectivity index (χ3v) is 5.37. The minimum atomic E-state index is -0.959. The molecule has 144 valence electrons. The highest BCUT2D eigenvalue weighted by atomic mass is 16.4. The van der Waals surface area contributed by atoms with E-state index in [-0.39, 0.29) is 11.5 Å². The van der Waals surface area contributed by atoms with Gasteiger partial charge in [0.1, 0.15) is 11.4 Å². The van der Waals surface area contributed by atoms with Crippen LogP contribution in [0.3, 0.4) is 0 Å². The number of nitrogens with zero attached hydrogens (tertiary/aromatic N) is 4. The predicted molar refractivity (Wildman–Crippen MR) is 104 cm³/mol. The number of fused-ring (bicyclic) bond motifs is 1. The molecule has 0 unspecified atom stereocenters. The van der Waals surface area contributed by atoms with Crippen LogP contribution < -0.4 is 0 Å². The van der Waals surface area contributed by atoms with Crippen molar-refractivity contribution in [3.63, 3.8) is 0 Å². The number of carbonyl (C=O) groups is 2. The number of carboxylic acids is 1. The summed E-state index contributed by atoms with van der Waals surface area (Å²) in [6.07, 6.45) is 2.32. The maximum atomic E-state index is 13.3. The highest BCUT2D eigenvalue weighted by Crippen LogP contribution is 2.25. The van der Waals surface area contributed by atoms with Crippen molar-refractivity contribution in [2.24, 2.45) is 7.05 Å². The fraction of sp³-hybridized carbons (Fsp3) is 0.286. The standard InChI is InChI=1S/C21H22N4O3/c1-13-4-5-14(2)25(13)19-18(11-22-23(19)3)20(26)24-9-8-15-6-7-16(21(27)28)10-17(15)12-24/h4-7,10-11H,8-9,12H2,1-3H3,(H,27,28). The molecule has 0 aliphatic carbocycles. The van der Waals surface area contributed by atoms with Crippen LogP contribution in [0.15, 0.2) is 36.5 Å². The Hall–Kier alpha value is -3.35. The van der Waals surface area contributed by atoms with Crippen LogP contribution >= 0.6 is 0 Å². The molecule has 28 heavy (non-hydrogen) atoms. The lowest BCUT2D eigenvalue weighted by Gasteiger charge is -2.29. The molecule has 0 fully saturated rings. The van der Waals surface area contributed by atoms with Gasteiger partial charge in [-0.05, 0) is 55.7 Å². The molecule has 1 N–H and O–H groups in total. The highest BCUT2D eigenvalue weighted by molar-refractivity contribution is 5.97. The Morgan fingerprint density at radius 2 is 1.79 bits per heavy atom. The van der Waals surface area contributed by atoms with Crippen molar-refractivity contribution in [2.75, 3.05) is 6.54 Å². The summed E-state index contributed by atoms with van der Waals surface area (Å²) in [6, 6.07) is 9.17. The maximum absolute atomic E-state index is 13.3. The van der Waals surface area contributed by atoms with Gasteiger partial charge < -0.3 is 14.6 Å². The van der Waals surface area contributed by atoms with Crippen LogP contribution in [0, 0.1) is 13.8 Å². The maximum Gasteiger partial charge on any atom is 0.335 e. The van der Waals surface area contributed by atoms with Gasteiger partial charge in [0, 0.05) is 31.5 Å². The number of carbonyl (C=O) groups excluding carboxylic acids is 1. The molecule has 3 heterocycles. The second kappa shape index (κ2) is 6.67. The number of aromatic nitrogens is 3. The van der Waals surface area contributed by atoms with Gasteiger partial charge in [-0.25, -0.2) is 4.79 Å². The lowest BCUT2D eigenvalue weighted by molar-refractivity contribution is 0.0696. The largest absolute Gasteiger partial charge is 0.478 e. The summed E-state index contributed by atoms with van der Waals surface area (Å²) >= 11 is 0. The van der Waals surface area contributed by atoms with Gasteiger partial charge in [0.2, 0.25) is 0 Å². The molecule has 0 spiro atoms. The molecule has 1 aliphatic heterocycles. The van der Waals surface area contributed by atoms with Crippen molar-refractivity contribution in [3.8, 4) is 5.82 Å². The molecule has 0 bridgehead atoms. The molecule has 0 radical (unpaired) electrons. The van der Waals surface area contributed by atoms with E-state index in [1.807, 2.05) is 43.7 Å². The molecule has 3 aromatic rings. The van der Waals surface area contributed by atoms with Crippen LogP contribution in [0.4, 0.5) is 0 Å². The second-order valence-electron chi connectivity index (χ2n) is 7.22. The molecular weight excluding hydrogens is 356 g/mol. The van der Waals surface area contributed by atoms with Crippen molar-refractivity contribution in [1.29, 1.82) is 0 Å². The van der Waals surface area contributed by atoms with Crippen molar-refractivity contribution in [1.82, 2.24) is 19.2 Å².